The van der Waals surface area contributed by atoms with Crippen molar-refractivity contribution in [3.8, 4) is 5.75 Å². The summed E-state index contributed by atoms with van der Waals surface area (Å²) in [6.45, 7) is 7.19. The summed E-state index contributed by atoms with van der Waals surface area (Å²) in [6, 6.07) is 12.5. The molecule has 37 heavy (non-hydrogen) atoms. The number of unbranched alkanes of at least 4 members (excludes halogenated alkanes) is 4. The van der Waals surface area contributed by atoms with Gasteiger partial charge in [0.05, 0.1) is 17.6 Å². The molecular formula is C28H42N2O6S. The van der Waals surface area contributed by atoms with Gasteiger partial charge in [-0.2, -0.15) is 0 Å². The molecule has 2 aromatic carbocycles. The molecule has 2 aromatic rings. The fourth-order valence-electron chi connectivity index (χ4n) is 4.21. The first-order valence-electron chi connectivity index (χ1n) is 13.2. The summed E-state index contributed by atoms with van der Waals surface area (Å²) in [5.74, 6) is 0.205. The van der Waals surface area contributed by atoms with Crippen LogP contribution in [0.15, 0.2) is 47.4 Å². The molecule has 3 rings (SSSR count). The standard InChI is InChI=1S/C28H42N2O6S/c1-28(2)35-21-24-19-23(12-15-27(24)36-28)26(31)20-30-16-6-3-4-7-17-34-18-8-5-9-22-10-13-25(14-11-22)37(29,32)33/h10-15,19,26,30-31H,3-9,16-18,20-21H2,1-2H3,(H2,29,32,33)/t26-/m0/s1. The van der Waals surface area contributed by atoms with E-state index >= 15 is 0 Å². The van der Waals surface area contributed by atoms with E-state index in [1.54, 1.807) is 12.1 Å². The van der Waals surface area contributed by atoms with Crippen LogP contribution in [-0.4, -0.2) is 45.6 Å². The Balaban J connectivity index is 1.15. The molecule has 206 valence electrons. The summed E-state index contributed by atoms with van der Waals surface area (Å²) in [5, 5.41) is 19.0. The third-order valence-electron chi connectivity index (χ3n) is 6.39. The van der Waals surface area contributed by atoms with Gasteiger partial charge < -0.3 is 24.6 Å². The zero-order valence-electron chi connectivity index (χ0n) is 22.1. The number of hydrogen-bond acceptors (Lipinski definition) is 7. The van der Waals surface area contributed by atoms with Gasteiger partial charge in [0.1, 0.15) is 5.75 Å². The summed E-state index contributed by atoms with van der Waals surface area (Å²) < 4.78 is 39.8. The molecule has 0 unspecified atom stereocenters. The van der Waals surface area contributed by atoms with Crippen molar-refractivity contribution in [1.82, 2.24) is 5.32 Å². The minimum absolute atomic E-state index is 0.147. The lowest BCUT2D eigenvalue weighted by atomic mass is 10.0. The van der Waals surface area contributed by atoms with Crippen LogP contribution in [0.25, 0.3) is 0 Å². The van der Waals surface area contributed by atoms with Gasteiger partial charge in [-0.05, 0) is 74.0 Å². The fraction of sp³-hybridized carbons (Fsp3) is 0.571. The Morgan fingerprint density at radius 1 is 1.03 bits per heavy atom. The van der Waals surface area contributed by atoms with Gasteiger partial charge >= 0.3 is 0 Å². The zero-order valence-corrected chi connectivity index (χ0v) is 22.9. The number of sulfonamides is 1. The lowest BCUT2D eigenvalue weighted by Gasteiger charge is -2.33. The molecule has 4 N–H and O–H groups in total. The molecule has 0 spiro atoms. The van der Waals surface area contributed by atoms with Crippen LogP contribution in [0.3, 0.4) is 0 Å². The normalized spacial score (nSPS) is 15.7. The van der Waals surface area contributed by atoms with E-state index in [-0.39, 0.29) is 4.90 Å². The monoisotopic (exact) mass is 534 g/mol. The van der Waals surface area contributed by atoms with Crippen LogP contribution in [0, 0.1) is 0 Å². The van der Waals surface area contributed by atoms with Crippen LogP contribution in [0.1, 0.15) is 75.2 Å². The van der Waals surface area contributed by atoms with Gasteiger partial charge in [0.25, 0.3) is 0 Å². The minimum atomic E-state index is -3.63. The predicted molar refractivity (Wildman–Crippen MR) is 144 cm³/mol. The second-order valence-corrected chi connectivity index (χ2v) is 11.6. The zero-order chi connectivity index (χ0) is 26.7. The molecule has 0 saturated carbocycles. The Morgan fingerprint density at radius 3 is 2.46 bits per heavy atom. The number of rotatable bonds is 16. The number of primary sulfonamides is 1. The number of aryl methyl sites for hydroxylation is 1. The highest BCUT2D eigenvalue weighted by atomic mass is 32.2. The van der Waals surface area contributed by atoms with E-state index in [0.29, 0.717) is 13.2 Å². The predicted octanol–water partition coefficient (Wildman–Crippen LogP) is 4.20. The first-order chi connectivity index (χ1) is 17.6. The molecule has 0 radical (unpaired) electrons. The summed E-state index contributed by atoms with van der Waals surface area (Å²) >= 11 is 0. The molecule has 0 fully saturated rings. The van der Waals surface area contributed by atoms with Crippen LogP contribution >= 0.6 is 0 Å². The molecule has 0 bridgehead atoms. The van der Waals surface area contributed by atoms with Crippen molar-refractivity contribution in [2.75, 3.05) is 26.3 Å². The lowest BCUT2D eigenvalue weighted by Crippen LogP contribution is -2.35. The fourth-order valence-corrected chi connectivity index (χ4v) is 4.73. The largest absolute Gasteiger partial charge is 0.463 e. The van der Waals surface area contributed by atoms with Gasteiger partial charge in [0.2, 0.25) is 15.8 Å². The van der Waals surface area contributed by atoms with Crippen molar-refractivity contribution in [3.05, 3.63) is 59.2 Å². The maximum absolute atomic E-state index is 11.3. The average Bonchev–Trinajstić information content (AvgIpc) is 2.85. The maximum Gasteiger partial charge on any atom is 0.238 e. The van der Waals surface area contributed by atoms with Gasteiger partial charge in [-0.25, -0.2) is 13.6 Å². The van der Waals surface area contributed by atoms with Gasteiger partial charge in [0, 0.05) is 39.2 Å². The molecule has 9 heteroatoms. The Hall–Kier alpha value is -2.01. The van der Waals surface area contributed by atoms with E-state index in [4.69, 9.17) is 19.3 Å². The van der Waals surface area contributed by atoms with Crippen molar-refractivity contribution in [1.29, 1.82) is 0 Å². The third-order valence-corrected chi connectivity index (χ3v) is 7.32. The van der Waals surface area contributed by atoms with Crippen LogP contribution < -0.4 is 15.2 Å². The molecule has 1 aliphatic heterocycles. The quantitative estimate of drug-likeness (QED) is 0.276. The van der Waals surface area contributed by atoms with Crippen molar-refractivity contribution in [2.45, 2.75) is 82.2 Å². The number of hydrogen-bond donors (Lipinski definition) is 3. The second kappa shape index (κ2) is 14.2. The molecular weight excluding hydrogens is 492 g/mol. The van der Waals surface area contributed by atoms with Gasteiger partial charge in [-0.3, -0.25) is 0 Å². The van der Waals surface area contributed by atoms with E-state index < -0.39 is 21.9 Å². The molecule has 1 aliphatic rings. The lowest BCUT2D eigenvalue weighted by molar-refractivity contribution is -0.180. The van der Waals surface area contributed by atoms with Gasteiger partial charge in [-0.15, -0.1) is 0 Å². The van der Waals surface area contributed by atoms with E-state index in [1.165, 1.54) is 0 Å². The Kier molecular flexibility index (Phi) is 11.4. The van der Waals surface area contributed by atoms with Crippen molar-refractivity contribution in [3.63, 3.8) is 0 Å². The first kappa shape index (κ1) is 29.5. The number of benzene rings is 2. The molecule has 0 amide bonds. The van der Waals surface area contributed by atoms with Crippen LogP contribution in [-0.2, 0) is 32.5 Å². The first-order valence-corrected chi connectivity index (χ1v) is 14.7. The number of nitrogens with two attached hydrogens (primary N) is 1. The SMILES string of the molecule is CC1(C)OCc2cc([C@@H](O)CNCCCCCCOCCCCc3ccc(S(N)(=O)=O)cc3)ccc2O1. The number of ether oxygens (including phenoxy) is 3. The Bertz CT molecular complexity index is 1070. The summed E-state index contributed by atoms with van der Waals surface area (Å²) in [4.78, 5) is 0.147. The van der Waals surface area contributed by atoms with Crippen LogP contribution in [0.2, 0.25) is 0 Å². The minimum Gasteiger partial charge on any atom is -0.463 e. The topological polar surface area (TPSA) is 120 Å². The van der Waals surface area contributed by atoms with E-state index in [2.05, 4.69) is 5.32 Å². The van der Waals surface area contributed by atoms with Crippen molar-refractivity contribution >= 4 is 10.0 Å². The highest BCUT2D eigenvalue weighted by molar-refractivity contribution is 7.89. The van der Waals surface area contributed by atoms with Gasteiger partial charge in [-0.1, -0.05) is 31.0 Å². The van der Waals surface area contributed by atoms with E-state index in [0.717, 1.165) is 87.1 Å². The molecule has 1 heterocycles. The summed E-state index contributed by atoms with van der Waals surface area (Å²) in [6.07, 6.45) is 6.68. The number of aliphatic hydroxyl groups excluding tert-OH is 1. The molecule has 0 aromatic heterocycles. The van der Waals surface area contributed by atoms with Crippen LogP contribution in [0.4, 0.5) is 0 Å². The second-order valence-electron chi connectivity index (χ2n) is 10.1. The summed E-state index contributed by atoms with van der Waals surface area (Å²) in [7, 11) is -3.63. The molecule has 8 nitrogen and oxygen atoms in total. The van der Waals surface area contributed by atoms with Crippen molar-refractivity contribution < 1.29 is 27.7 Å². The average molecular weight is 535 g/mol. The van der Waals surface area contributed by atoms with E-state index in [1.807, 2.05) is 44.2 Å². The van der Waals surface area contributed by atoms with E-state index in [9.17, 15) is 13.5 Å². The summed E-state index contributed by atoms with van der Waals surface area (Å²) in [5.41, 5.74) is 2.94. The number of fused-ring (bicyclic) bond motifs is 1. The van der Waals surface area contributed by atoms with Gasteiger partial charge in [0.15, 0.2) is 0 Å². The molecule has 1 atom stereocenters. The van der Waals surface area contributed by atoms with Crippen molar-refractivity contribution in [2.24, 2.45) is 5.14 Å². The number of nitrogens with one attached hydrogen (secondary N) is 1. The third kappa shape index (κ3) is 10.3. The highest BCUT2D eigenvalue weighted by Gasteiger charge is 2.27. The number of aliphatic hydroxyl groups is 1. The Labute approximate surface area is 221 Å². The smallest absolute Gasteiger partial charge is 0.238 e. The maximum atomic E-state index is 11.3. The highest BCUT2D eigenvalue weighted by Crippen LogP contribution is 2.32. The Morgan fingerprint density at radius 2 is 1.73 bits per heavy atom. The molecule has 0 saturated heterocycles. The van der Waals surface area contributed by atoms with Crippen LogP contribution in [0.5, 0.6) is 5.75 Å². The molecule has 0 aliphatic carbocycles.